The van der Waals surface area contributed by atoms with Gasteiger partial charge in [-0.1, -0.05) is 54.6 Å². The third-order valence-corrected chi connectivity index (χ3v) is 8.52. The maximum absolute atomic E-state index is 13.1. The van der Waals surface area contributed by atoms with E-state index >= 15 is 0 Å². The lowest BCUT2D eigenvalue weighted by atomic mass is 10.1. The van der Waals surface area contributed by atoms with Gasteiger partial charge < -0.3 is 20.4 Å². The Morgan fingerprint density at radius 1 is 0.756 bits per heavy atom. The fourth-order valence-corrected chi connectivity index (χ4v) is 6.15. The van der Waals surface area contributed by atoms with Crippen molar-refractivity contribution in [3.8, 4) is 22.5 Å². The number of aromatic nitrogens is 2. The molecule has 3 aromatic carbocycles. The monoisotopic (exact) mass is 604 g/mol. The maximum Gasteiger partial charge on any atom is 0.247 e. The molecule has 230 valence electrons. The Labute approximate surface area is 261 Å². The van der Waals surface area contributed by atoms with Crippen molar-refractivity contribution in [1.29, 1.82) is 0 Å². The molecule has 0 radical (unpaired) electrons. The van der Waals surface area contributed by atoms with Crippen molar-refractivity contribution in [2.75, 3.05) is 23.7 Å². The molecular weight excluding hydrogens is 568 g/mol. The molecule has 2 aliphatic rings. The standard InChI is InChI=1S/C35H36N6O4/c1-23(42)40-19-5-9-31(40)34(44)36-27-15-11-25(12-16-27)29-22-30(39-38-29)26-13-17-28(18-14-26)37-35(45)32-10-6-20-41(32)33(43)21-24-7-3-2-4-8-24/h2-4,7-8,11-18,22,31-32H,5-6,9-10,19-21H2,1H3,(H,36,44)(H,37,45)(H,38,39). The summed E-state index contributed by atoms with van der Waals surface area (Å²) in [5.41, 5.74) is 5.62. The molecule has 3 N–H and O–H groups in total. The molecule has 2 unspecified atom stereocenters. The van der Waals surface area contributed by atoms with E-state index in [-0.39, 0.29) is 30.0 Å². The Bertz CT molecular complexity index is 1680. The van der Waals surface area contributed by atoms with Crippen molar-refractivity contribution in [3.63, 3.8) is 0 Å². The van der Waals surface area contributed by atoms with Crippen molar-refractivity contribution >= 4 is 35.0 Å². The number of benzene rings is 3. The van der Waals surface area contributed by atoms with Crippen LogP contribution in [0.4, 0.5) is 11.4 Å². The first kappa shape index (κ1) is 29.8. The average molecular weight is 605 g/mol. The molecule has 10 heteroatoms. The Balaban J connectivity index is 1.05. The van der Waals surface area contributed by atoms with Gasteiger partial charge in [0, 0.05) is 37.0 Å². The van der Waals surface area contributed by atoms with Gasteiger partial charge in [0.2, 0.25) is 23.6 Å². The molecule has 0 aliphatic carbocycles. The molecule has 1 aromatic heterocycles. The average Bonchev–Trinajstić information content (AvgIpc) is 3.84. The first-order valence-electron chi connectivity index (χ1n) is 15.3. The third kappa shape index (κ3) is 6.80. The van der Waals surface area contributed by atoms with Gasteiger partial charge in [-0.05, 0) is 67.1 Å². The molecular formula is C35H36N6O4. The van der Waals surface area contributed by atoms with Gasteiger partial charge in [-0.2, -0.15) is 5.10 Å². The zero-order chi connectivity index (χ0) is 31.3. The lowest BCUT2D eigenvalue weighted by Gasteiger charge is -2.24. The van der Waals surface area contributed by atoms with E-state index in [1.807, 2.05) is 84.9 Å². The van der Waals surface area contributed by atoms with Gasteiger partial charge in [0.25, 0.3) is 0 Å². The van der Waals surface area contributed by atoms with Crippen LogP contribution >= 0.6 is 0 Å². The van der Waals surface area contributed by atoms with Crippen LogP contribution in [0.3, 0.4) is 0 Å². The number of hydrogen-bond acceptors (Lipinski definition) is 5. The van der Waals surface area contributed by atoms with E-state index in [0.29, 0.717) is 37.3 Å². The molecule has 2 saturated heterocycles. The minimum atomic E-state index is -0.478. The molecule has 0 bridgehead atoms. The van der Waals surface area contributed by atoms with Gasteiger partial charge >= 0.3 is 0 Å². The normalized spacial score (nSPS) is 17.7. The van der Waals surface area contributed by atoms with Crippen molar-refractivity contribution in [1.82, 2.24) is 20.0 Å². The number of nitrogens with zero attached hydrogens (tertiary/aromatic N) is 3. The smallest absolute Gasteiger partial charge is 0.247 e. The number of amides is 4. The first-order chi connectivity index (χ1) is 21.9. The minimum absolute atomic E-state index is 0.0336. The Kier molecular flexibility index (Phi) is 8.72. The number of hydrogen-bond donors (Lipinski definition) is 3. The fourth-order valence-electron chi connectivity index (χ4n) is 6.15. The molecule has 3 heterocycles. The molecule has 2 fully saturated rings. The Hall–Kier alpha value is -5.25. The summed E-state index contributed by atoms with van der Waals surface area (Å²) in [7, 11) is 0. The highest BCUT2D eigenvalue weighted by Crippen LogP contribution is 2.27. The van der Waals surface area contributed by atoms with Crippen LogP contribution < -0.4 is 10.6 Å². The van der Waals surface area contributed by atoms with Crippen LogP contribution in [0.25, 0.3) is 22.5 Å². The number of anilines is 2. The summed E-state index contributed by atoms with van der Waals surface area (Å²) in [5.74, 6) is -0.465. The van der Waals surface area contributed by atoms with E-state index < -0.39 is 12.1 Å². The van der Waals surface area contributed by atoms with Crippen molar-refractivity contribution in [3.05, 3.63) is 90.5 Å². The number of carbonyl (C=O) groups is 4. The topological polar surface area (TPSA) is 127 Å². The largest absolute Gasteiger partial charge is 0.331 e. The van der Waals surface area contributed by atoms with E-state index in [1.165, 1.54) is 6.92 Å². The quantitative estimate of drug-likeness (QED) is 0.265. The summed E-state index contributed by atoms with van der Waals surface area (Å²) in [6.07, 6.45) is 3.23. The highest BCUT2D eigenvalue weighted by atomic mass is 16.2. The third-order valence-electron chi connectivity index (χ3n) is 8.52. The van der Waals surface area contributed by atoms with Gasteiger partial charge in [0.15, 0.2) is 0 Å². The second-order valence-electron chi connectivity index (χ2n) is 11.6. The highest BCUT2D eigenvalue weighted by Gasteiger charge is 2.34. The Morgan fingerprint density at radius 2 is 1.31 bits per heavy atom. The van der Waals surface area contributed by atoms with E-state index in [2.05, 4.69) is 20.8 Å². The van der Waals surface area contributed by atoms with Crippen LogP contribution in [0.5, 0.6) is 0 Å². The molecule has 2 aliphatic heterocycles. The highest BCUT2D eigenvalue weighted by molar-refractivity contribution is 5.98. The number of likely N-dealkylation sites (tertiary alicyclic amines) is 2. The van der Waals surface area contributed by atoms with Gasteiger partial charge in [0.1, 0.15) is 12.1 Å². The summed E-state index contributed by atoms with van der Waals surface area (Å²) < 4.78 is 0. The van der Waals surface area contributed by atoms with Gasteiger partial charge in [-0.15, -0.1) is 0 Å². The predicted octanol–water partition coefficient (Wildman–Crippen LogP) is 4.87. The summed E-state index contributed by atoms with van der Waals surface area (Å²) in [5, 5.41) is 13.4. The minimum Gasteiger partial charge on any atom is -0.331 e. The maximum atomic E-state index is 13.1. The molecule has 0 saturated carbocycles. The molecule has 4 amide bonds. The van der Waals surface area contributed by atoms with Crippen LogP contribution in [-0.2, 0) is 25.6 Å². The lowest BCUT2D eigenvalue weighted by molar-refractivity contribution is -0.136. The number of aromatic amines is 1. The number of carbonyl (C=O) groups excluding carboxylic acids is 4. The molecule has 2 atom stereocenters. The summed E-state index contributed by atoms with van der Waals surface area (Å²) in [4.78, 5) is 53.9. The van der Waals surface area contributed by atoms with Crippen molar-refractivity contribution < 1.29 is 19.2 Å². The zero-order valence-electron chi connectivity index (χ0n) is 25.2. The number of nitrogens with one attached hydrogen (secondary N) is 3. The summed E-state index contributed by atoms with van der Waals surface area (Å²) in [6.45, 7) is 2.69. The predicted molar refractivity (Wildman–Crippen MR) is 172 cm³/mol. The van der Waals surface area contributed by atoms with Gasteiger partial charge in [0.05, 0.1) is 17.8 Å². The SMILES string of the molecule is CC(=O)N1CCCC1C(=O)Nc1ccc(-c2cc(-c3ccc(NC(=O)C4CCCN4C(=O)Cc4ccccc4)cc3)[nH]n2)cc1. The molecule has 45 heavy (non-hydrogen) atoms. The van der Waals surface area contributed by atoms with Gasteiger partial charge in [-0.25, -0.2) is 0 Å². The number of rotatable bonds is 8. The molecule has 0 spiro atoms. The number of H-pyrrole nitrogens is 1. The van der Waals surface area contributed by atoms with E-state index in [4.69, 9.17) is 0 Å². The molecule has 4 aromatic rings. The molecule has 10 nitrogen and oxygen atoms in total. The molecule has 6 rings (SSSR count). The van der Waals surface area contributed by atoms with Crippen LogP contribution in [0, 0.1) is 0 Å². The van der Waals surface area contributed by atoms with Crippen molar-refractivity contribution in [2.24, 2.45) is 0 Å². The fraction of sp³-hybridized carbons (Fsp3) is 0.286. The summed E-state index contributed by atoms with van der Waals surface area (Å²) in [6, 6.07) is 25.6. The Morgan fingerprint density at radius 3 is 1.91 bits per heavy atom. The van der Waals surface area contributed by atoms with E-state index in [9.17, 15) is 19.2 Å². The van der Waals surface area contributed by atoms with Crippen LogP contribution in [0.1, 0.15) is 38.2 Å². The lowest BCUT2D eigenvalue weighted by Crippen LogP contribution is -2.43. The van der Waals surface area contributed by atoms with Crippen LogP contribution in [0.2, 0.25) is 0 Å². The van der Waals surface area contributed by atoms with Crippen LogP contribution in [0.15, 0.2) is 84.9 Å². The second kappa shape index (κ2) is 13.2. The van der Waals surface area contributed by atoms with Gasteiger partial charge in [-0.3, -0.25) is 24.3 Å². The first-order valence-corrected chi connectivity index (χ1v) is 15.3. The zero-order valence-corrected chi connectivity index (χ0v) is 25.2. The van der Waals surface area contributed by atoms with E-state index in [1.54, 1.807) is 9.80 Å². The second-order valence-corrected chi connectivity index (χ2v) is 11.6. The van der Waals surface area contributed by atoms with Crippen molar-refractivity contribution in [2.45, 2.75) is 51.1 Å². The summed E-state index contributed by atoms with van der Waals surface area (Å²) >= 11 is 0. The van der Waals surface area contributed by atoms with Crippen LogP contribution in [-0.4, -0.2) is 68.8 Å². The van der Waals surface area contributed by atoms with E-state index in [0.717, 1.165) is 40.9 Å².